The highest BCUT2D eigenvalue weighted by atomic mass is 79.9. The van der Waals surface area contributed by atoms with Gasteiger partial charge in [0.2, 0.25) is 5.91 Å². The number of anilines is 1. The average molecular weight is 308 g/mol. The lowest BCUT2D eigenvalue weighted by Crippen LogP contribution is -2.35. The van der Waals surface area contributed by atoms with Crippen molar-refractivity contribution in [3.63, 3.8) is 0 Å². The molecule has 0 bridgehead atoms. The van der Waals surface area contributed by atoms with E-state index in [-0.39, 0.29) is 12.5 Å². The van der Waals surface area contributed by atoms with Crippen LogP contribution in [0.25, 0.3) is 0 Å². The monoisotopic (exact) mass is 306 g/mol. The Hall–Kier alpha value is -0.880. The standard InChI is InChI=1S/C9H12BrClN4O/c1-3-12-6(16)4-15(2)9-7(10)8(11)13-5-14-9/h5H,3-4H2,1-2H3,(H,12,16). The molecule has 0 atom stereocenters. The summed E-state index contributed by atoms with van der Waals surface area (Å²) in [4.78, 5) is 20.9. The van der Waals surface area contributed by atoms with E-state index in [1.54, 1.807) is 11.9 Å². The van der Waals surface area contributed by atoms with Gasteiger partial charge in [0.25, 0.3) is 0 Å². The van der Waals surface area contributed by atoms with Crippen molar-refractivity contribution in [2.45, 2.75) is 6.92 Å². The molecule has 88 valence electrons. The minimum absolute atomic E-state index is 0.0633. The molecule has 0 aliphatic carbocycles. The molecule has 1 aromatic heterocycles. The lowest BCUT2D eigenvalue weighted by Gasteiger charge is -2.18. The number of hydrogen-bond acceptors (Lipinski definition) is 4. The van der Waals surface area contributed by atoms with E-state index >= 15 is 0 Å². The molecule has 0 unspecified atom stereocenters. The third-order valence-corrected chi connectivity index (χ3v) is 3.09. The van der Waals surface area contributed by atoms with Crippen LogP contribution in [-0.4, -0.2) is 36.0 Å². The third-order valence-electron chi connectivity index (χ3n) is 1.84. The fraction of sp³-hybridized carbons (Fsp3) is 0.444. The first-order valence-corrected chi connectivity index (χ1v) is 5.87. The Morgan fingerprint density at radius 1 is 1.62 bits per heavy atom. The Labute approximate surface area is 107 Å². The van der Waals surface area contributed by atoms with Crippen LogP contribution in [0.2, 0.25) is 5.15 Å². The van der Waals surface area contributed by atoms with Gasteiger partial charge in [-0.3, -0.25) is 4.79 Å². The largest absolute Gasteiger partial charge is 0.355 e. The minimum Gasteiger partial charge on any atom is -0.355 e. The molecular weight excluding hydrogens is 295 g/mol. The molecule has 7 heteroatoms. The zero-order valence-electron chi connectivity index (χ0n) is 9.00. The maximum atomic E-state index is 11.4. The summed E-state index contributed by atoms with van der Waals surface area (Å²) in [5, 5.41) is 3.03. The molecule has 1 rings (SSSR count). The number of likely N-dealkylation sites (N-methyl/N-ethyl adjacent to an activating group) is 2. The normalized spacial score (nSPS) is 10.0. The topological polar surface area (TPSA) is 58.1 Å². The summed E-state index contributed by atoms with van der Waals surface area (Å²) >= 11 is 9.11. The van der Waals surface area contributed by atoms with Gasteiger partial charge in [-0.15, -0.1) is 0 Å². The Bertz CT molecular complexity index is 388. The van der Waals surface area contributed by atoms with Crippen LogP contribution in [0.1, 0.15) is 6.92 Å². The zero-order chi connectivity index (χ0) is 12.1. The van der Waals surface area contributed by atoms with Crippen LogP contribution in [0, 0.1) is 0 Å². The number of nitrogens with zero attached hydrogens (tertiary/aromatic N) is 3. The van der Waals surface area contributed by atoms with Crippen LogP contribution in [0.15, 0.2) is 10.8 Å². The lowest BCUT2D eigenvalue weighted by atomic mass is 10.4. The number of amides is 1. The van der Waals surface area contributed by atoms with Crippen LogP contribution in [0.5, 0.6) is 0 Å². The van der Waals surface area contributed by atoms with Crippen molar-refractivity contribution >= 4 is 39.3 Å². The molecule has 0 aromatic carbocycles. The van der Waals surface area contributed by atoms with E-state index in [0.29, 0.717) is 22.0 Å². The van der Waals surface area contributed by atoms with Gasteiger partial charge in [0.05, 0.1) is 11.0 Å². The molecule has 0 aliphatic heterocycles. The van der Waals surface area contributed by atoms with E-state index in [9.17, 15) is 4.79 Å². The van der Waals surface area contributed by atoms with Crippen molar-refractivity contribution in [1.29, 1.82) is 0 Å². The second-order valence-electron chi connectivity index (χ2n) is 3.11. The molecule has 0 fully saturated rings. The maximum absolute atomic E-state index is 11.4. The van der Waals surface area contributed by atoms with Crippen LogP contribution in [0.3, 0.4) is 0 Å². The highest BCUT2D eigenvalue weighted by Gasteiger charge is 2.13. The van der Waals surface area contributed by atoms with Crippen molar-refractivity contribution in [3.8, 4) is 0 Å². The number of hydrogen-bond donors (Lipinski definition) is 1. The quantitative estimate of drug-likeness (QED) is 0.856. The Morgan fingerprint density at radius 2 is 2.31 bits per heavy atom. The number of carbonyl (C=O) groups excluding carboxylic acids is 1. The first-order chi connectivity index (χ1) is 7.56. The molecule has 16 heavy (non-hydrogen) atoms. The number of halogens is 2. The van der Waals surface area contributed by atoms with Gasteiger partial charge < -0.3 is 10.2 Å². The van der Waals surface area contributed by atoms with Crippen LogP contribution in [0.4, 0.5) is 5.82 Å². The summed E-state index contributed by atoms with van der Waals surface area (Å²) in [7, 11) is 1.76. The maximum Gasteiger partial charge on any atom is 0.239 e. The molecule has 0 aliphatic rings. The molecule has 1 N–H and O–H groups in total. The molecule has 0 saturated heterocycles. The molecule has 0 spiro atoms. The van der Waals surface area contributed by atoms with Gasteiger partial charge in [0, 0.05) is 13.6 Å². The predicted molar refractivity (Wildman–Crippen MR) is 66.7 cm³/mol. The van der Waals surface area contributed by atoms with Gasteiger partial charge in [0.1, 0.15) is 17.3 Å². The molecule has 1 heterocycles. The highest BCUT2D eigenvalue weighted by Crippen LogP contribution is 2.27. The number of rotatable bonds is 4. The van der Waals surface area contributed by atoms with Gasteiger partial charge in [-0.05, 0) is 22.9 Å². The van der Waals surface area contributed by atoms with Gasteiger partial charge >= 0.3 is 0 Å². The first-order valence-electron chi connectivity index (χ1n) is 4.70. The summed E-state index contributed by atoms with van der Waals surface area (Å²) in [5.74, 6) is 0.526. The van der Waals surface area contributed by atoms with Crippen molar-refractivity contribution in [2.75, 3.05) is 25.0 Å². The van der Waals surface area contributed by atoms with E-state index in [1.165, 1.54) is 6.33 Å². The summed E-state index contributed by atoms with van der Waals surface area (Å²) in [6, 6.07) is 0. The Morgan fingerprint density at radius 3 is 2.94 bits per heavy atom. The lowest BCUT2D eigenvalue weighted by molar-refractivity contribution is -0.119. The summed E-state index contributed by atoms with van der Waals surface area (Å²) in [5.41, 5.74) is 0. The van der Waals surface area contributed by atoms with Crippen molar-refractivity contribution in [1.82, 2.24) is 15.3 Å². The van der Waals surface area contributed by atoms with Crippen molar-refractivity contribution in [3.05, 3.63) is 16.0 Å². The number of aromatic nitrogens is 2. The number of nitrogens with one attached hydrogen (secondary N) is 1. The molecule has 1 aromatic rings. The van der Waals surface area contributed by atoms with Gasteiger partial charge in [-0.25, -0.2) is 9.97 Å². The van der Waals surface area contributed by atoms with Gasteiger partial charge in [-0.1, -0.05) is 11.6 Å². The summed E-state index contributed by atoms with van der Waals surface area (Å²) in [6.07, 6.45) is 1.36. The molecular formula is C9H12BrClN4O. The van der Waals surface area contributed by atoms with E-state index in [1.807, 2.05) is 6.92 Å². The fourth-order valence-electron chi connectivity index (χ4n) is 1.15. The zero-order valence-corrected chi connectivity index (χ0v) is 11.3. The predicted octanol–water partition coefficient (Wildman–Crippen LogP) is 1.46. The van der Waals surface area contributed by atoms with Gasteiger partial charge in [-0.2, -0.15) is 0 Å². The highest BCUT2D eigenvalue weighted by molar-refractivity contribution is 9.10. The molecule has 0 saturated carbocycles. The smallest absolute Gasteiger partial charge is 0.239 e. The van der Waals surface area contributed by atoms with Crippen LogP contribution in [-0.2, 0) is 4.79 Å². The Balaban J connectivity index is 2.76. The van der Waals surface area contributed by atoms with Crippen molar-refractivity contribution in [2.24, 2.45) is 0 Å². The minimum atomic E-state index is -0.0633. The van der Waals surface area contributed by atoms with E-state index in [0.717, 1.165) is 0 Å². The number of carbonyl (C=O) groups is 1. The SMILES string of the molecule is CCNC(=O)CN(C)c1ncnc(Cl)c1Br. The summed E-state index contributed by atoms with van der Waals surface area (Å²) < 4.78 is 0.587. The van der Waals surface area contributed by atoms with E-state index < -0.39 is 0 Å². The van der Waals surface area contributed by atoms with E-state index in [2.05, 4.69) is 31.2 Å². The van der Waals surface area contributed by atoms with Crippen LogP contribution >= 0.6 is 27.5 Å². The Kier molecular flexibility index (Phi) is 4.95. The molecule has 1 amide bonds. The second kappa shape index (κ2) is 6.00. The third kappa shape index (κ3) is 3.31. The molecule has 0 radical (unpaired) electrons. The average Bonchev–Trinajstić information content (AvgIpc) is 2.22. The first kappa shape index (κ1) is 13.2. The molecule has 5 nitrogen and oxygen atoms in total. The summed E-state index contributed by atoms with van der Waals surface area (Å²) in [6.45, 7) is 2.70. The van der Waals surface area contributed by atoms with Gasteiger partial charge in [0.15, 0.2) is 0 Å². The van der Waals surface area contributed by atoms with Crippen molar-refractivity contribution < 1.29 is 4.79 Å². The fourth-order valence-corrected chi connectivity index (χ4v) is 1.78. The van der Waals surface area contributed by atoms with E-state index in [4.69, 9.17) is 11.6 Å². The second-order valence-corrected chi connectivity index (χ2v) is 4.26. The van der Waals surface area contributed by atoms with Crippen LogP contribution < -0.4 is 10.2 Å².